The lowest BCUT2D eigenvalue weighted by Crippen LogP contribution is -2.54. The summed E-state index contributed by atoms with van der Waals surface area (Å²) in [5.74, 6) is -0.477. The first kappa shape index (κ1) is 35.6. The molecule has 2 atom stereocenters. The minimum absolute atomic E-state index is 0.110. The summed E-state index contributed by atoms with van der Waals surface area (Å²) < 4.78 is 5.53. The maximum Gasteiger partial charge on any atom is 0.408 e. The van der Waals surface area contributed by atoms with Gasteiger partial charge in [0.05, 0.1) is 0 Å². The summed E-state index contributed by atoms with van der Waals surface area (Å²) in [6, 6.07) is 10.7. The van der Waals surface area contributed by atoms with Crippen molar-refractivity contribution < 1.29 is 24.2 Å². The van der Waals surface area contributed by atoms with Gasteiger partial charge < -0.3 is 25.4 Å². The number of aromatic hydroxyl groups is 1. The van der Waals surface area contributed by atoms with Gasteiger partial charge in [-0.3, -0.25) is 9.59 Å². The van der Waals surface area contributed by atoms with Crippen LogP contribution in [0.1, 0.15) is 108 Å². The fourth-order valence-corrected chi connectivity index (χ4v) is 4.96. The van der Waals surface area contributed by atoms with Crippen LogP contribution in [0.5, 0.6) is 5.75 Å². The van der Waals surface area contributed by atoms with Gasteiger partial charge in [-0.15, -0.1) is 0 Å². The number of nitrogens with zero attached hydrogens (tertiary/aromatic N) is 1. The smallest absolute Gasteiger partial charge is 0.408 e. The number of phenols is 1. The summed E-state index contributed by atoms with van der Waals surface area (Å²) in [5, 5.41) is 15.7. The number of ether oxygens (including phenoxy) is 1. The van der Waals surface area contributed by atoms with E-state index in [2.05, 4.69) is 24.5 Å². The zero-order valence-electron chi connectivity index (χ0n) is 27.3. The van der Waals surface area contributed by atoms with Crippen LogP contribution in [0, 0.1) is 13.8 Å². The van der Waals surface area contributed by atoms with Crippen molar-refractivity contribution in [2.45, 2.75) is 118 Å². The number of aryl methyl sites for hydroxylation is 2. The Balaban J connectivity index is 2.58. The SMILES string of the molecule is CCCCCCCN(C(=O)C(Cc1ccc(O)cc1)NC(=O)OC(C)(C)C)C(C(=O)NCCCC)c1cc(C)ccc1C. The Hall–Kier alpha value is -3.55. The molecule has 0 aliphatic carbocycles. The topological polar surface area (TPSA) is 108 Å². The number of hydrogen-bond donors (Lipinski definition) is 3. The molecule has 2 rings (SSSR count). The number of unbranched alkanes of at least 4 members (excludes halogenated alkanes) is 5. The maximum atomic E-state index is 14.6. The first-order chi connectivity index (χ1) is 20.4. The van der Waals surface area contributed by atoms with Gasteiger partial charge in [-0.25, -0.2) is 4.79 Å². The van der Waals surface area contributed by atoms with Crippen LogP contribution >= 0.6 is 0 Å². The summed E-state index contributed by atoms with van der Waals surface area (Å²) in [6.45, 7) is 14.3. The van der Waals surface area contributed by atoms with Crippen molar-refractivity contribution in [1.82, 2.24) is 15.5 Å². The van der Waals surface area contributed by atoms with Gasteiger partial charge in [0, 0.05) is 19.5 Å². The molecule has 2 unspecified atom stereocenters. The van der Waals surface area contributed by atoms with Crippen molar-refractivity contribution in [2.75, 3.05) is 13.1 Å². The van der Waals surface area contributed by atoms with Crippen LogP contribution in [0.2, 0.25) is 0 Å². The van der Waals surface area contributed by atoms with Crippen LogP contribution in [0.3, 0.4) is 0 Å². The van der Waals surface area contributed by atoms with Crippen molar-refractivity contribution in [3.63, 3.8) is 0 Å². The largest absolute Gasteiger partial charge is 0.508 e. The lowest BCUT2D eigenvalue weighted by atomic mass is 9.95. The van der Waals surface area contributed by atoms with Crippen LogP contribution in [0.15, 0.2) is 42.5 Å². The number of rotatable bonds is 16. The van der Waals surface area contributed by atoms with Crippen molar-refractivity contribution in [2.24, 2.45) is 0 Å². The molecular formula is C35H53N3O5. The fourth-order valence-electron chi connectivity index (χ4n) is 4.96. The Morgan fingerprint density at radius 1 is 0.907 bits per heavy atom. The van der Waals surface area contributed by atoms with E-state index in [1.807, 2.05) is 32.0 Å². The minimum Gasteiger partial charge on any atom is -0.508 e. The molecule has 238 valence electrons. The summed E-state index contributed by atoms with van der Waals surface area (Å²) >= 11 is 0. The highest BCUT2D eigenvalue weighted by atomic mass is 16.6. The lowest BCUT2D eigenvalue weighted by molar-refractivity contribution is -0.142. The Labute approximate surface area is 258 Å². The highest BCUT2D eigenvalue weighted by Gasteiger charge is 2.36. The van der Waals surface area contributed by atoms with E-state index in [9.17, 15) is 19.5 Å². The van der Waals surface area contributed by atoms with E-state index >= 15 is 0 Å². The predicted octanol–water partition coefficient (Wildman–Crippen LogP) is 6.90. The summed E-state index contributed by atoms with van der Waals surface area (Å²) in [7, 11) is 0. The molecular weight excluding hydrogens is 542 g/mol. The number of amides is 3. The molecule has 3 amide bonds. The lowest BCUT2D eigenvalue weighted by Gasteiger charge is -2.35. The van der Waals surface area contributed by atoms with Gasteiger partial charge in [0.1, 0.15) is 23.4 Å². The highest BCUT2D eigenvalue weighted by Crippen LogP contribution is 2.28. The third kappa shape index (κ3) is 12.3. The Morgan fingerprint density at radius 2 is 1.56 bits per heavy atom. The zero-order chi connectivity index (χ0) is 32.0. The average Bonchev–Trinajstić information content (AvgIpc) is 2.93. The van der Waals surface area contributed by atoms with Crippen LogP contribution in [0.25, 0.3) is 0 Å². The normalized spacial score (nSPS) is 12.7. The summed E-state index contributed by atoms with van der Waals surface area (Å²) in [5.41, 5.74) is 2.69. The first-order valence-electron chi connectivity index (χ1n) is 15.8. The molecule has 0 aliphatic heterocycles. The quantitative estimate of drug-likeness (QED) is 0.183. The van der Waals surface area contributed by atoms with Crippen LogP contribution in [-0.2, 0) is 20.7 Å². The van der Waals surface area contributed by atoms with Crippen LogP contribution in [0.4, 0.5) is 4.79 Å². The third-order valence-electron chi connectivity index (χ3n) is 7.27. The number of carbonyl (C=O) groups is 3. The van der Waals surface area contributed by atoms with E-state index in [-0.39, 0.29) is 24.0 Å². The second-order valence-corrected chi connectivity index (χ2v) is 12.4. The third-order valence-corrected chi connectivity index (χ3v) is 7.27. The molecule has 0 spiro atoms. The van der Waals surface area contributed by atoms with Crippen LogP contribution < -0.4 is 10.6 Å². The molecule has 8 nitrogen and oxygen atoms in total. The highest BCUT2D eigenvalue weighted by molar-refractivity contribution is 5.92. The molecule has 0 aromatic heterocycles. The first-order valence-corrected chi connectivity index (χ1v) is 15.8. The molecule has 43 heavy (non-hydrogen) atoms. The van der Waals surface area contributed by atoms with E-state index in [1.54, 1.807) is 49.9 Å². The average molecular weight is 596 g/mol. The van der Waals surface area contributed by atoms with Gasteiger partial charge in [-0.2, -0.15) is 0 Å². The van der Waals surface area contributed by atoms with Gasteiger partial charge in [0.25, 0.3) is 0 Å². The molecule has 0 fully saturated rings. The summed E-state index contributed by atoms with van der Waals surface area (Å²) in [6.07, 6.45) is 6.14. The molecule has 0 bridgehead atoms. The Kier molecular flexibility index (Phi) is 14.5. The number of alkyl carbamates (subject to hydrolysis) is 1. The number of benzene rings is 2. The molecule has 0 radical (unpaired) electrons. The molecule has 0 aliphatic rings. The predicted molar refractivity (Wildman–Crippen MR) is 172 cm³/mol. The van der Waals surface area contributed by atoms with Crippen molar-refractivity contribution in [3.05, 3.63) is 64.7 Å². The van der Waals surface area contributed by atoms with Gasteiger partial charge in [-0.1, -0.05) is 81.8 Å². The second kappa shape index (κ2) is 17.5. The molecule has 3 N–H and O–H groups in total. The van der Waals surface area contributed by atoms with Crippen molar-refractivity contribution >= 4 is 17.9 Å². The number of hydrogen-bond acceptors (Lipinski definition) is 5. The van der Waals surface area contributed by atoms with E-state index in [0.29, 0.717) is 13.1 Å². The molecule has 2 aromatic rings. The number of phenolic OH excluding ortho intramolecular Hbond substituents is 1. The fraction of sp³-hybridized carbons (Fsp3) is 0.571. The summed E-state index contributed by atoms with van der Waals surface area (Å²) in [4.78, 5) is 43.2. The minimum atomic E-state index is -0.994. The van der Waals surface area contributed by atoms with Crippen LogP contribution in [-0.4, -0.2) is 52.6 Å². The van der Waals surface area contributed by atoms with Gasteiger partial charge in [0.15, 0.2) is 0 Å². The zero-order valence-corrected chi connectivity index (χ0v) is 27.3. The van der Waals surface area contributed by atoms with E-state index in [1.165, 1.54) is 0 Å². The molecule has 0 saturated carbocycles. The number of carbonyl (C=O) groups excluding carboxylic acids is 3. The molecule has 8 heteroatoms. The Bertz CT molecular complexity index is 1170. The maximum absolute atomic E-state index is 14.6. The van der Waals surface area contributed by atoms with Gasteiger partial charge in [0.2, 0.25) is 11.8 Å². The second-order valence-electron chi connectivity index (χ2n) is 12.4. The van der Waals surface area contributed by atoms with Crippen molar-refractivity contribution in [3.8, 4) is 5.75 Å². The van der Waals surface area contributed by atoms with Gasteiger partial charge in [-0.05, 0) is 76.3 Å². The van der Waals surface area contributed by atoms with Gasteiger partial charge >= 0.3 is 6.09 Å². The van der Waals surface area contributed by atoms with E-state index < -0.39 is 23.8 Å². The number of nitrogens with one attached hydrogen (secondary N) is 2. The standard InChI is InChI=1S/C35H53N3O5/c1-8-10-12-13-14-22-38(31(32(40)36-21-11-9-2)29-23-25(3)15-16-26(29)4)33(41)30(37-34(42)43-35(5,6)7)24-27-17-19-28(39)20-18-27/h15-20,23,30-31,39H,8-14,21-22,24H2,1-7H3,(H,36,40)(H,37,42). The van der Waals surface area contributed by atoms with E-state index in [4.69, 9.17) is 4.74 Å². The monoisotopic (exact) mass is 595 g/mol. The Morgan fingerprint density at radius 3 is 2.19 bits per heavy atom. The molecule has 2 aromatic carbocycles. The molecule has 0 heterocycles. The van der Waals surface area contributed by atoms with Crippen molar-refractivity contribution in [1.29, 1.82) is 0 Å². The van der Waals surface area contributed by atoms with E-state index in [0.717, 1.165) is 67.2 Å². The molecule has 0 saturated heterocycles.